The lowest BCUT2D eigenvalue weighted by atomic mass is 9.99. The number of carbonyl (C=O) groups excluding carboxylic acids is 1. The molecule has 1 atom stereocenters. The van der Waals surface area contributed by atoms with Crippen molar-refractivity contribution in [3.05, 3.63) is 59.7 Å². The molecule has 4 heteroatoms. The lowest BCUT2D eigenvalue weighted by molar-refractivity contribution is 0.102. The Morgan fingerprint density at radius 3 is 2.68 bits per heavy atom. The zero-order valence-electron chi connectivity index (χ0n) is 15.0. The number of nitrogens with one attached hydrogen (secondary N) is 1. The van der Waals surface area contributed by atoms with Gasteiger partial charge in [-0.05, 0) is 61.4 Å². The fourth-order valence-electron chi connectivity index (χ4n) is 3.39. The molecule has 0 aromatic heterocycles. The zero-order chi connectivity index (χ0) is 17.6. The van der Waals surface area contributed by atoms with Gasteiger partial charge < -0.3 is 5.32 Å². The molecular weight excluding hydrogens is 328 g/mol. The van der Waals surface area contributed by atoms with E-state index in [0.29, 0.717) is 5.56 Å². The molecule has 0 aliphatic carbocycles. The Hall–Kier alpha value is -1.78. The van der Waals surface area contributed by atoms with E-state index in [4.69, 9.17) is 0 Å². The second-order valence-corrected chi connectivity index (χ2v) is 7.68. The molecule has 0 saturated carbocycles. The monoisotopic (exact) mass is 354 g/mol. The first-order chi connectivity index (χ1) is 12.2. The fourth-order valence-corrected chi connectivity index (χ4v) is 3.95. The van der Waals surface area contributed by atoms with Crippen LogP contribution in [0.4, 0.5) is 5.69 Å². The molecular formula is C21H26N2OS. The fraction of sp³-hybridized carbons (Fsp3) is 0.381. The lowest BCUT2D eigenvalue weighted by Crippen LogP contribution is -2.33. The summed E-state index contributed by atoms with van der Waals surface area (Å²) in [6.07, 6.45) is 4.64. The predicted octanol–water partition coefficient (Wildman–Crippen LogP) is 4.89. The van der Waals surface area contributed by atoms with Gasteiger partial charge >= 0.3 is 0 Å². The number of likely N-dealkylation sites (tertiary alicyclic amines) is 1. The minimum Gasteiger partial charge on any atom is -0.321 e. The SMILES string of the molecule is CSc1ccccc1NC(=O)c1ccc(CN2CCC[C@H](C)C2)cc1. The van der Waals surface area contributed by atoms with Crippen LogP contribution < -0.4 is 5.32 Å². The normalized spacial score (nSPS) is 18.1. The zero-order valence-corrected chi connectivity index (χ0v) is 15.8. The second kappa shape index (κ2) is 8.54. The van der Waals surface area contributed by atoms with E-state index in [1.807, 2.05) is 42.7 Å². The van der Waals surface area contributed by atoms with Gasteiger partial charge in [0.2, 0.25) is 0 Å². The molecule has 25 heavy (non-hydrogen) atoms. The van der Waals surface area contributed by atoms with Crippen LogP contribution in [0.3, 0.4) is 0 Å². The highest BCUT2D eigenvalue weighted by Gasteiger charge is 2.16. The number of carbonyl (C=O) groups is 1. The lowest BCUT2D eigenvalue weighted by Gasteiger charge is -2.30. The third kappa shape index (κ3) is 4.86. The molecule has 3 nitrogen and oxygen atoms in total. The molecule has 1 aliphatic rings. The highest BCUT2D eigenvalue weighted by atomic mass is 32.2. The number of benzene rings is 2. The first-order valence-electron chi connectivity index (χ1n) is 8.91. The van der Waals surface area contributed by atoms with E-state index in [1.165, 1.54) is 31.5 Å². The first kappa shape index (κ1) is 18.0. The topological polar surface area (TPSA) is 32.3 Å². The summed E-state index contributed by atoms with van der Waals surface area (Å²) in [5.74, 6) is 0.731. The Labute approximate surface area is 154 Å². The number of nitrogens with zero attached hydrogens (tertiary/aromatic N) is 1. The van der Waals surface area contributed by atoms with Gasteiger partial charge in [-0.15, -0.1) is 11.8 Å². The molecule has 3 rings (SSSR count). The van der Waals surface area contributed by atoms with Gasteiger partial charge in [0.05, 0.1) is 5.69 Å². The third-order valence-electron chi connectivity index (χ3n) is 4.72. The van der Waals surface area contributed by atoms with Crippen LogP contribution >= 0.6 is 11.8 Å². The van der Waals surface area contributed by atoms with Crippen molar-refractivity contribution in [2.45, 2.75) is 31.2 Å². The summed E-state index contributed by atoms with van der Waals surface area (Å²) in [4.78, 5) is 16.1. The maximum atomic E-state index is 12.5. The molecule has 0 unspecified atom stereocenters. The van der Waals surface area contributed by atoms with Gasteiger partial charge in [-0.3, -0.25) is 9.69 Å². The average molecular weight is 355 g/mol. The number of piperidine rings is 1. The number of anilines is 1. The number of thioether (sulfide) groups is 1. The Balaban J connectivity index is 1.62. The van der Waals surface area contributed by atoms with Gasteiger partial charge in [0.1, 0.15) is 0 Å². The van der Waals surface area contributed by atoms with Crippen LogP contribution in [0.2, 0.25) is 0 Å². The highest BCUT2D eigenvalue weighted by Crippen LogP contribution is 2.25. The van der Waals surface area contributed by atoms with Crippen molar-refractivity contribution in [1.29, 1.82) is 0 Å². The molecule has 1 N–H and O–H groups in total. The van der Waals surface area contributed by atoms with Gasteiger partial charge in [-0.25, -0.2) is 0 Å². The number of amides is 1. The van der Waals surface area contributed by atoms with Crippen molar-refractivity contribution < 1.29 is 4.79 Å². The summed E-state index contributed by atoms with van der Waals surface area (Å²) >= 11 is 1.63. The number of para-hydroxylation sites is 1. The molecule has 0 radical (unpaired) electrons. The summed E-state index contributed by atoms with van der Waals surface area (Å²) in [6.45, 7) is 5.65. The molecule has 2 aromatic rings. The van der Waals surface area contributed by atoms with E-state index in [9.17, 15) is 4.79 Å². The van der Waals surface area contributed by atoms with Crippen LogP contribution in [0.15, 0.2) is 53.4 Å². The molecule has 1 fully saturated rings. The van der Waals surface area contributed by atoms with Gasteiger partial charge in [-0.2, -0.15) is 0 Å². The number of hydrogen-bond acceptors (Lipinski definition) is 3. The van der Waals surface area contributed by atoms with Gasteiger partial charge in [0, 0.05) is 23.5 Å². The Morgan fingerprint density at radius 1 is 1.20 bits per heavy atom. The Kier molecular flexibility index (Phi) is 6.16. The standard InChI is InChI=1S/C21H26N2OS/c1-16-6-5-13-23(14-16)15-17-9-11-18(12-10-17)21(24)22-19-7-3-4-8-20(19)25-2/h3-4,7-12,16H,5-6,13-15H2,1-2H3,(H,22,24)/t16-/m0/s1. The smallest absolute Gasteiger partial charge is 0.255 e. The largest absolute Gasteiger partial charge is 0.321 e. The third-order valence-corrected chi connectivity index (χ3v) is 5.51. The van der Waals surface area contributed by atoms with E-state index >= 15 is 0 Å². The van der Waals surface area contributed by atoms with E-state index in [-0.39, 0.29) is 5.91 Å². The van der Waals surface area contributed by atoms with E-state index in [0.717, 1.165) is 23.0 Å². The van der Waals surface area contributed by atoms with Crippen molar-refractivity contribution >= 4 is 23.4 Å². The summed E-state index contributed by atoms with van der Waals surface area (Å²) in [7, 11) is 0. The minimum absolute atomic E-state index is 0.0559. The number of hydrogen-bond donors (Lipinski definition) is 1. The van der Waals surface area contributed by atoms with Crippen LogP contribution in [0.5, 0.6) is 0 Å². The van der Waals surface area contributed by atoms with Gasteiger partial charge in [0.15, 0.2) is 0 Å². The van der Waals surface area contributed by atoms with E-state index in [2.05, 4.69) is 29.3 Å². The van der Waals surface area contributed by atoms with E-state index in [1.54, 1.807) is 11.8 Å². The van der Waals surface area contributed by atoms with Crippen LogP contribution in [0.25, 0.3) is 0 Å². The van der Waals surface area contributed by atoms with Crippen LogP contribution in [0, 0.1) is 5.92 Å². The van der Waals surface area contributed by atoms with Crippen molar-refractivity contribution in [2.24, 2.45) is 5.92 Å². The molecule has 1 heterocycles. The molecule has 1 amide bonds. The maximum absolute atomic E-state index is 12.5. The van der Waals surface area contributed by atoms with Crippen LogP contribution in [-0.4, -0.2) is 30.2 Å². The Morgan fingerprint density at radius 2 is 1.96 bits per heavy atom. The van der Waals surface area contributed by atoms with Crippen molar-refractivity contribution in [3.8, 4) is 0 Å². The van der Waals surface area contributed by atoms with Crippen molar-refractivity contribution in [2.75, 3.05) is 24.7 Å². The predicted molar refractivity (Wildman–Crippen MR) is 106 cm³/mol. The molecule has 2 aromatic carbocycles. The van der Waals surface area contributed by atoms with Crippen molar-refractivity contribution in [3.63, 3.8) is 0 Å². The van der Waals surface area contributed by atoms with Crippen molar-refractivity contribution in [1.82, 2.24) is 4.90 Å². The van der Waals surface area contributed by atoms with Crippen LogP contribution in [-0.2, 0) is 6.54 Å². The van der Waals surface area contributed by atoms with E-state index < -0.39 is 0 Å². The van der Waals surface area contributed by atoms with Gasteiger partial charge in [0.25, 0.3) is 5.91 Å². The van der Waals surface area contributed by atoms with Crippen LogP contribution in [0.1, 0.15) is 35.7 Å². The summed E-state index contributed by atoms with van der Waals surface area (Å²) in [5.41, 5.74) is 2.84. The summed E-state index contributed by atoms with van der Waals surface area (Å²) in [5, 5.41) is 3.01. The van der Waals surface area contributed by atoms with Gasteiger partial charge in [-0.1, -0.05) is 31.2 Å². The molecule has 0 bridgehead atoms. The second-order valence-electron chi connectivity index (χ2n) is 6.83. The molecule has 0 spiro atoms. The Bertz CT molecular complexity index is 714. The molecule has 1 aliphatic heterocycles. The first-order valence-corrected chi connectivity index (χ1v) is 10.1. The average Bonchev–Trinajstić information content (AvgIpc) is 2.63. The number of rotatable bonds is 5. The highest BCUT2D eigenvalue weighted by molar-refractivity contribution is 7.98. The minimum atomic E-state index is -0.0559. The summed E-state index contributed by atoms with van der Waals surface area (Å²) in [6, 6.07) is 15.9. The maximum Gasteiger partial charge on any atom is 0.255 e. The molecule has 132 valence electrons. The quantitative estimate of drug-likeness (QED) is 0.776. The summed E-state index contributed by atoms with van der Waals surface area (Å²) < 4.78 is 0. The molecule has 1 saturated heterocycles.